The Morgan fingerprint density at radius 1 is 1.27 bits per heavy atom. The van der Waals surface area contributed by atoms with Crippen LogP contribution in [0.3, 0.4) is 0 Å². The molecule has 0 aliphatic carbocycles. The van der Waals surface area contributed by atoms with Crippen LogP contribution in [-0.4, -0.2) is 22.0 Å². The second kappa shape index (κ2) is 7.33. The number of nitrogens with one attached hydrogen (secondary N) is 1. The van der Waals surface area contributed by atoms with Crippen molar-refractivity contribution < 1.29 is 14.7 Å². The minimum Gasteiger partial charge on any atom is -0.481 e. The van der Waals surface area contributed by atoms with Gasteiger partial charge >= 0.3 is 5.97 Å². The van der Waals surface area contributed by atoms with Crippen molar-refractivity contribution in [2.75, 3.05) is 5.32 Å². The fourth-order valence-corrected chi connectivity index (χ4v) is 2.62. The summed E-state index contributed by atoms with van der Waals surface area (Å²) in [6, 6.07) is 11.3. The molecule has 0 saturated heterocycles. The largest absolute Gasteiger partial charge is 0.481 e. The standard InChI is InChI=1S/C15H13N3O3S/c16-9-11-14(10-5-2-1-3-6-10)18-15(22-11)17-12(19)7-4-8-13(20)21/h1-3,5-6H,4,7-8H2,(H,20,21)(H,17,18,19). The van der Waals surface area contributed by atoms with Crippen molar-refractivity contribution in [2.45, 2.75) is 19.3 Å². The van der Waals surface area contributed by atoms with Crippen LogP contribution < -0.4 is 5.32 Å². The van der Waals surface area contributed by atoms with Gasteiger partial charge in [0, 0.05) is 18.4 Å². The molecule has 0 atom stereocenters. The average molecular weight is 315 g/mol. The lowest BCUT2D eigenvalue weighted by Gasteiger charge is -2.00. The Labute approximate surface area is 131 Å². The van der Waals surface area contributed by atoms with Crippen LogP contribution >= 0.6 is 11.3 Å². The molecule has 0 spiro atoms. The molecule has 0 aliphatic heterocycles. The van der Waals surface area contributed by atoms with E-state index in [1.54, 1.807) is 0 Å². The number of rotatable bonds is 6. The predicted octanol–water partition coefficient (Wildman–Crippen LogP) is 2.88. The van der Waals surface area contributed by atoms with Gasteiger partial charge < -0.3 is 10.4 Å². The molecule has 1 heterocycles. The molecule has 2 N–H and O–H groups in total. The summed E-state index contributed by atoms with van der Waals surface area (Å²) in [5.41, 5.74) is 1.34. The zero-order valence-corrected chi connectivity index (χ0v) is 12.4. The first-order valence-corrected chi connectivity index (χ1v) is 7.40. The fraction of sp³-hybridized carbons (Fsp3) is 0.200. The molecule has 1 aromatic heterocycles. The van der Waals surface area contributed by atoms with Crippen LogP contribution in [0.4, 0.5) is 5.13 Å². The van der Waals surface area contributed by atoms with Gasteiger partial charge in [0.05, 0.1) is 0 Å². The van der Waals surface area contributed by atoms with Crippen LogP contribution in [0, 0.1) is 11.3 Å². The van der Waals surface area contributed by atoms with E-state index in [1.807, 2.05) is 30.3 Å². The molecular weight excluding hydrogens is 302 g/mol. The van der Waals surface area contributed by atoms with Crippen LogP contribution in [0.15, 0.2) is 30.3 Å². The molecular formula is C15H13N3O3S. The number of thiazole rings is 1. The molecule has 0 radical (unpaired) electrons. The lowest BCUT2D eigenvalue weighted by atomic mass is 10.1. The number of amides is 1. The number of carbonyl (C=O) groups excluding carboxylic acids is 1. The lowest BCUT2D eigenvalue weighted by Crippen LogP contribution is -2.11. The highest BCUT2D eigenvalue weighted by Crippen LogP contribution is 2.30. The molecule has 1 aromatic carbocycles. The number of carboxylic acids is 1. The number of aromatic nitrogens is 1. The van der Waals surface area contributed by atoms with Gasteiger partial charge in [-0.15, -0.1) is 0 Å². The van der Waals surface area contributed by atoms with E-state index < -0.39 is 5.97 Å². The Morgan fingerprint density at radius 2 is 2.00 bits per heavy atom. The summed E-state index contributed by atoms with van der Waals surface area (Å²) in [4.78, 5) is 26.8. The normalized spacial score (nSPS) is 9.95. The average Bonchev–Trinajstić information content (AvgIpc) is 2.90. The number of nitriles is 1. The SMILES string of the molecule is N#Cc1sc(NC(=O)CCCC(=O)O)nc1-c1ccccc1. The molecule has 2 aromatic rings. The van der Waals surface area contributed by atoms with Crippen LogP contribution in [0.5, 0.6) is 0 Å². The smallest absolute Gasteiger partial charge is 0.303 e. The maximum atomic E-state index is 11.7. The summed E-state index contributed by atoms with van der Waals surface area (Å²) < 4.78 is 0. The van der Waals surface area contributed by atoms with Crippen molar-refractivity contribution in [1.82, 2.24) is 4.98 Å². The van der Waals surface area contributed by atoms with Gasteiger partial charge in [0.1, 0.15) is 16.6 Å². The first-order valence-electron chi connectivity index (χ1n) is 6.58. The zero-order chi connectivity index (χ0) is 15.9. The van der Waals surface area contributed by atoms with Gasteiger partial charge in [-0.05, 0) is 6.42 Å². The third-order valence-electron chi connectivity index (χ3n) is 2.82. The highest BCUT2D eigenvalue weighted by atomic mass is 32.1. The van der Waals surface area contributed by atoms with Crippen molar-refractivity contribution in [1.29, 1.82) is 5.26 Å². The van der Waals surface area contributed by atoms with E-state index in [-0.39, 0.29) is 25.2 Å². The van der Waals surface area contributed by atoms with Crippen LogP contribution in [0.2, 0.25) is 0 Å². The van der Waals surface area contributed by atoms with Crippen LogP contribution in [0.1, 0.15) is 24.1 Å². The minimum atomic E-state index is -0.930. The maximum Gasteiger partial charge on any atom is 0.303 e. The van der Waals surface area contributed by atoms with Crippen molar-refractivity contribution in [3.8, 4) is 17.3 Å². The molecule has 0 saturated carbocycles. The summed E-state index contributed by atoms with van der Waals surface area (Å²) in [6.07, 6.45) is 0.321. The monoisotopic (exact) mass is 315 g/mol. The Bertz CT molecular complexity index is 719. The third-order valence-corrected chi connectivity index (χ3v) is 3.69. The topological polar surface area (TPSA) is 103 Å². The van der Waals surface area contributed by atoms with Gasteiger partial charge in [-0.1, -0.05) is 41.7 Å². The van der Waals surface area contributed by atoms with E-state index in [1.165, 1.54) is 0 Å². The quantitative estimate of drug-likeness (QED) is 0.853. The Hall–Kier alpha value is -2.72. The Balaban J connectivity index is 2.07. The molecule has 2 rings (SSSR count). The van der Waals surface area contributed by atoms with E-state index in [4.69, 9.17) is 5.11 Å². The number of aliphatic carboxylic acids is 1. The van der Waals surface area contributed by atoms with Gasteiger partial charge in [-0.25, -0.2) is 4.98 Å². The summed E-state index contributed by atoms with van der Waals surface area (Å²) >= 11 is 1.10. The number of hydrogen-bond acceptors (Lipinski definition) is 5. The first kappa shape index (κ1) is 15.7. The number of carbonyl (C=O) groups is 2. The number of hydrogen-bond donors (Lipinski definition) is 2. The van der Waals surface area contributed by atoms with Crippen molar-refractivity contribution >= 4 is 28.3 Å². The highest BCUT2D eigenvalue weighted by Gasteiger charge is 2.14. The van der Waals surface area contributed by atoms with E-state index >= 15 is 0 Å². The van der Waals surface area contributed by atoms with Crippen molar-refractivity contribution in [3.05, 3.63) is 35.2 Å². The maximum absolute atomic E-state index is 11.7. The molecule has 0 unspecified atom stereocenters. The summed E-state index contributed by atoms with van der Waals surface area (Å²) in [5.74, 6) is -1.24. The van der Waals surface area contributed by atoms with Gasteiger partial charge in [0.15, 0.2) is 5.13 Å². The summed E-state index contributed by atoms with van der Waals surface area (Å²) in [7, 11) is 0. The van der Waals surface area contributed by atoms with Gasteiger partial charge in [-0.3, -0.25) is 9.59 Å². The Morgan fingerprint density at radius 3 is 2.64 bits per heavy atom. The van der Waals surface area contributed by atoms with E-state index in [2.05, 4.69) is 16.4 Å². The minimum absolute atomic E-state index is 0.0516. The van der Waals surface area contributed by atoms with Crippen molar-refractivity contribution in [2.24, 2.45) is 0 Å². The van der Waals surface area contributed by atoms with Gasteiger partial charge in [-0.2, -0.15) is 5.26 Å². The Kier molecular flexibility index (Phi) is 5.22. The number of benzene rings is 1. The molecule has 22 heavy (non-hydrogen) atoms. The molecule has 112 valence electrons. The molecule has 7 heteroatoms. The molecule has 1 amide bonds. The van der Waals surface area contributed by atoms with Crippen LogP contribution in [-0.2, 0) is 9.59 Å². The second-order valence-corrected chi connectivity index (χ2v) is 5.47. The van der Waals surface area contributed by atoms with E-state index in [0.29, 0.717) is 15.7 Å². The zero-order valence-electron chi connectivity index (χ0n) is 11.6. The van der Waals surface area contributed by atoms with E-state index in [9.17, 15) is 14.9 Å². The summed E-state index contributed by atoms with van der Waals surface area (Å²) in [6.45, 7) is 0. The van der Waals surface area contributed by atoms with Gasteiger partial charge in [0.2, 0.25) is 5.91 Å². The molecule has 0 aliphatic rings. The number of anilines is 1. The van der Waals surface area contributed by atoms with Crippen LogP contribution in [0.25, 0.3) is 11.3 Å². The number of nitrogens with zero attached hydrogens (tertiary/aromatic N) is 2. The summed E-state index contributed by atoms with van der Waals surface area (Å²) in [5, 5.41) is 20.7. The lowest BCUT2D eigenvalue weighted by molar-refractivity contribution is -0.137. The highest BCUT2D eigenvalue weighted by molar-refractivity contribution is 7.16. The number of carboxylic acid groups (broad SMARTS) is 1. The fourth-order valence-electron chi connectivity index (χ4n) is 1.82. The second-order valence-electron chi connectivity index (χ2n) is 4.47. The molecule has 0 fully saturated rings. The first-order chi connectivity index (χ1) is 10.6. The predicted molar refractivity (Wildman–Crippen MR) is 82.4 cm³/mol. The van der Waals surface area contributed by atoms with Gasteiger partial charge in [0.25, 0.3) is 0 Å². The van der Waals surface area contributed by atoms with E-state index in [0.717, 1.165) is 16.9 Å². The third kappa shape index (κ3) is 4.14. The van der Waals surface area contributed by atoms with Crippen molar-refractivity contribution in [3.63, 3.8) is 0 Å². The molecule has 6 nitrogen and oxygen atoms in total. The molecule has 0 bridgehead atoms.